The number of pyridine rings is 1. The molecule has 0 unspecified atom stereocenters. The van der Waals surface area contributed by atoms with Gasteiger partial charge < -0.3 is 10.6 Å². The summed E-state index contributed by atoms with van der Waals surface area (Å²) in [6, 6.07) is 13.7. The second-order valence-corrected chi connectivity index (χ2v) is 7.19. The molecule has 1 atom stereocenters. The molecule has 2 aliphatic rings. The van der Waals surface area contributed by atoms with Gasteiger partial charge in [-0.15, -0.1) is 0 Å². The Balaban J connectivity index is 1.62. The van der Waals surface area contributed by atoms with Gasteiger partial charge in [0.15, 0.2) is 0 Å². The maximum atomic E-state index is 13.2. The number of anilines is 1. The number of carbonyl (C=O) groups excluding carboxylic acids is 2. The fourth-order valence-corrected chi connectivity index (χ4v) is 4.24. The number of benzene rings is 1. The highest BCUT2D eigenvalue weighted by atomic mass is 16.2. The minimum absolute atomic E-state index is 0.0165. The van der Waals surface area contributed by atoms with Crippen molar-refractivity contribution in [3.8, 4) is 0 Å². The summed E-state index contributed by atoms with van der Waals surface area (Å²) in [5.41, 5.74) is 8.60. The summed E-state index contributed by atoms with van der Waals surface area (Å²) in [5, 5.41) is 0. The number of nitrogens with zero attached hydrogens (tertiary/aromatic N) is 3. The van der Waals surface area contributed by atoms with Gasteiger partial charge in [0.2, 0.25) is 11.8 Å². The van der Waals surface area contributed by atoms with Crippen molar-refractivity contribution in [2.24, 2.45) is 5.73 Å². The van der Waals surface area contributed by atoms with Crippen molar-refractivity contribution < 1.29 is 9.59 Å². The molecule has 4 rings (SSSR count). The van der Waals surface area contributed by atoms with Crippen LogP contribution in [0.15, 0.2) is 42.5 Å². The van der Waals surface area contributed by atoms with Crippen LogP contribution in [-0.2, 0) is 21.5 Å². The Morgan fingerprint density at radius 2 is 2.04 bits per heavy atom. The van der Waals surface area contributed by atoms with E-state index >= 15 is 0 Å². The summed E-state index contributed by atoms with van der Waals surface area (Å²) in [6.45, 7) is 4.08. The highest BCUT2D eigenvalue weighted by molar-refractivity contribution is 6.11. The summed E-state index contributed by atoms with van der Waals surface area (Å²) in [5.74, 6) is -0.513. The minimum Gasteiger partial charge on any atom is -0.368 e. The van der Waals surface area contributed by atoms with Gasteiger partial charge in [0.1, 0.15) is 6.54 Å². The van der Waals surface area contributed by atoms with E-state index < -0.39 is 11.3 Å². The topological polar surface area (TPSA) is 79.5 Å². The molecule has 0 radical (unpaired) electrons. The SMILES string of the molecule is Cc1cccc(CN2CC[C@]3(C2)C(=O)N(CC(N)=O)c2ccccc23)n1. The van der Waals surface area contributed by atoms with E-state index in [4.69, 9.17) is 5.73 Å². The van der Waals surface area contributed by atoms with Crippen LogP contribution in [0.2, 0.25) is 0 Å². The molecule has 6 nitrogen and oxygen atoms in total. The average Bonchev–Trinajstić information content (AvgIpc) is 3.12. The Morgan fingerprint density at radius 3 is 2.81 bits per heavy atom. The van der Waals surface area contributed by atoms with Crippen LogP contribution in [0.5, 0.6) is 0 Å². The van der Waals surface area contributed by atoms with Crippen LogP contribution in [-0.4, -0.2) is 41.3 Å². The lowest BCUT2D eigenvalue weighted by Crippen LogP contribution is -2.45. The first-order valence-corrected chi connectivity index (χ1v) is 8.84. The van der Waals surface area contributed by atoms with E-state index in [9.17, 15) is 9.59 Å². The molecule has 1 saturated heterocycles. The Bertz CT molecular complexity index is 882. The number of para-hydroxylation sites is 1. The molecule has 6 heteroatoms. The molecular formula is C20H22N4O2. The van der Waals surface area contributed by atoms with Gasteiger partial charge >= 0.3 is 0 Å². The number of amides is 2. The fraction of sp³-hybridized carbons (Fsp3) is 0.350. The predicted molar refractivity (Wildman–Crippen MR) is 98.5 cm³/mol. The normalized spacial score (nSPS) is 22.2. The molecule has 26 heavy (non-hydrogen) atoms. The van der Waals surface area contributed by atoms with Crippen molar-refractivity contribution in [1.82, 2.24) is 9.88 Å². The molecule has 2 aliphatic heterocycles. The van der Waals surface area contributed by atoms with Gasteiger partial charge in [0.05, 0.1) is 11.1 Å². The number of primary amides is 1. The van der Waals surface area contributed by atoms with Crippen molar-refractivity contribution in [2.75, 3.05) is 24.5 Å². The number of likely N-dealkylation sites (tertiary alicyclic amines) is 1. The predicted octanol–water partition coefficient (Wildman–Crippen LogP) is 1.37. The maximum absolute atomic E-state index is 13.2. The Labute approximate surface area is 152 Å². The zero-order valence-electron chi connectivity index (χ0n) is 14.8. The summed E-state index contributed by atoms with van der Waals surface area (Å²) in [7, 11) is 0. The Hall–Kier alpha value is -2.73. The van der Waals surface area contributed by atoms with Gasteiger partial charge in [-0.3, -0.25) is 19.5 Å². The molecule has 1 aromatic carbocycles. The van der Waals surface area contributed by atoms with E-state index in [2.05, 4.69) is 9.88 Å². The number of hydrogen-bond acceptors (Lipinski definition) is 4. The van der Waals surface area contributed by atoms with Gasteiger partial charge in [0.25, 0.3) is 0 Å². The lowest BCUT2D eigenvalue weighted by Gasteiger charge is -2.24. The van der Waals surface area contributed by atoms with Gasteiger partial charge in [0, 0.05) is 31.0 Å². The smallest absolute Gasteiger partial charge is 0.239 e. The number of hydrogen-bond donors (Lipinski definition) is 1. The lowest BCUT2D eigenvalue weighted by atomic mass is 9.81. The molecule has 1 spiro atoms. The maximum Gasteiger partial charge on any atom is 0.239 e. The second-order valence-electron chi connectivity index (χ2n) is 7.19. The van der Waals surface area contributed by atoms with Gasteiger partial charge in [-0.1, -0.05) is 24.3 Å². The van der Waals surface area contributed by atoms with Crippen LogP contribution < -0.4 is 10.6 Å². The van der Waals surface area contributed by atoms with E-state index in [0.29, 0.717) is 13.1 Å². The van der Waals surface area contributed by atoms with Crippen molar-refractivity contribution in [3.05, 3.63) is 59.4 Å². The molecule has 0 bridgehead atoms. The van der Waals surface area contributed by atoms with E-state index in [1.54, 1.807) is 4.90 Å². The van der Waals surface area contributed by atoms with Crippen molar-refractivity contribution in [3.63, 3.8) is 0 Å². The summed E-state index contributed by atoms with van der Waals surface area (Å²) >= 11 is 0. The molecule has 134 valence electrons. The van der Waals surface area contributed by atoms with E-state index in [1.165, 1.54) is 0 Å². The summed E-state index contributed by atoms with van der Waals surface area (Å²) < 4.78 is 0. The van der Waals surface area contributed by atoms with Crippen LogP contribution >= 0.6 is 0 Å². The lowest BCUT2D eigenvalue weighted by molar-refractivity contribution is -0.125. The summed E-state index contributed by atoms with van der Waals surface area (Å²) in [6.07, 6.45) is 0.740. The molecular weight excluding hydrogens is 328 g/mol. The van der Waals surface area contributed by atoms with E-state index in [0.717, 1.165) is 35.6 Å². The molecule has 1 fully saturated rings. The highest BCUT2D eigenvalue weighted by Crippen LogP contribution is 2.47. The molecule has 0 aliphatic carbocycles. The molecule has 1 aromatic heterocycles. The number of carbonyl (C=O) groups is 2. The third-order valence-corrected chi connectivity index (χ3v) is 5.36. The van der Waals surface area contributed by atoms with Gasteiger partial charge in [-0.2, -0.15) is 0 Å². The molecule has 2 aromatic rings. The summed E-state index contributed by atoms with van der Waals surface area (Å²) in [4.78, 5) is 33.1. The Morgan fingerprint density at radius 1 is 1.23 bits per heavy atom. The van der Waals surface area contributed by atoms with Crippen LogP contribution in [0.3, 0.4) is 0 Å². The van der Waals surface area contributed by atoms with Crippen LogP contribution in [0, 0.1) is 6.92 Å². The first-order chi connectivity index (χ1) is 12.5. The number of aryl methyl sites for hydroxylation is 1. The van der Waals surface area contributed by atoms with Crippen molar-refractivity contribution >= 4 is 17.5 Å². The number of aromatic nitrogens is 1. The highest BCUT2D eigenvalue weighted by Gasteiger charge is 2.54. The monoisotopic (exact) mass is 350 g/mol. The zero-order chi connectivity index (χ0) is 18.3. The Kier molecular flexibility index (Phi) is 4.00. The minimum atomic E-state index is -0.587. The zero-order valence-corrected chi connectivity index (χ0v) is 14.8. The van der Waals surface area contributed by atoms with Crippen molar-refractivity contribution in [2.45, 2.75) is 25.3 Å². The van der Waals surface area contributed by atoms with Crippen LogP contribution in [0.1, 0.15) is 23.4 Å². The van der Waals surface area contributed by atoms with Crippen LogP contribution in [0.4, 0.5) is 5.69 Å². The quantitative estimate of drug-likeness (QED) is 0.903. The molecule has 2 N–H and O–H groups in total. The third kappa shape index (κ3) is 2.66. The molecule has 2 amide bonds. The average molecular weight is 350 g/mol. The fourth-order valence-electron chi connectivity index (χ4n) is 4.24. The number of fused-ring (bicyclic) bond motifs is 2. The van der Waals surface area contributed by atoms with Crippen LogP contribution in [0.25, 0.3) is 0 Å². The van der Waals surface area contributed by atoms with Crippen molar-refractivity contribution in [1.29, 1.82) is 0 Å². The number of rotatable bonds is 4. The molecule has 0 saturated carbocycles. The first kappa shape index (κ1) is 16.7. The number of nitrogens with two attached hydrogens (primary N) is 1. The molecule has 3 heterocycles. The van der Waals surface area contributed by atoms with E-state index in [-0.39, 0.29) is 12.5 Å². The van der Waals surface area contributed by atoms with E-state index in [1.807, 2.05) is 49.4 Å². The first-order valence-electron chi connectivity index (χ1n) is 8.84. The third-order valence-electron chi connectivity index (χ3n) is 5.36. The van der Waals surface area contributed by atoms with Gasteiger partial charge in [-0.05, 0) is 37.1 Å². The largest absolute Gasteiger partial charge is 0.368 e. The second kappa shape index (κ2) is 6.21. The van der Waals surface area contributed by atoms with Gasteiger partial charge in [-0.25, -0.2) is 0 Å². The standard InChI is InChI=1S/C20H22N4O2/c1-14-5-4-6-15(22-14)11-23-10-9-20(13-23)16-7-2-3-8-17(16)24(19(20)26)12-18(21)25/h2-8H,9-13H2,1H3,(H2,21,25)/t20-/m1/s1.